The molecule has 102 valence electrons. The molecular weight excluding hydrogens is 212 g/mol. The molecule has 2 atom stereocenters. The zero-order valence-corrected chi connectivity index (χ0v) is 11.9. The first kappa shape index (κ1) is 14.9. The van der Waals surface area contributed by atoms with Crippen molar-refractivity contribution in [3.63, 3.8) is 0 Å². The lowest BCUT2D eigenvalue weighted by atomic mass is 9.90. The van der Waals surface area contributed by atoms with Crippen LogP contribution in [0.3, 0.4) is 0 Å². The number of hydrogen-bond donors (Lipinski definition) is 1. The monoisotopic (exact) mass is 242 g/mol. The minimum absolute atomic E-state index is 0.736. The Morgan fingerprint density at radius 2 is 2.06 bits per heavy atom. The average molecular weight is 242 g/mol. The van der Waals surface area contributed by atoms with Crippen LogP contribution in [0, 0.1) is 0 Å². The van der Waals surface area contributed by atoms with E-state index in [-0.39, 0.29) is 0 Å². The third-order valence-corrected chi connectivity index (χ3v) is 3.79. The van der Waals surface area contributed by atoms with Crippen molar-refractivity contribution in [2.24, 2.45) is 0 Å². The van der Waals surface area contributed by atoms with E-state index < -0.39 is 0 Å². The van der Waals surface area contributed by atoms with Crippen molar-refractivity contribution in [3.05, 3.63) is 0 Å². The van der Waals surface area contributed by atoms with E-state index in [4.69, 9.17) is 4.74 Å². The highest BCUT2D eigenvalue weighted by Crippen LogP contribution is 2.22. The lowest BCUT2D eigenvalue weighted by Crippen LogP contribution is -2.45. The van der Waals surface area contributed by atoms with Crippen LogP contribution in [-0.2, 0) is 4.74 Å². The Balaban J connectivity index is 2.33. The normalized spacial score (nSPS) is 25.4. The van der Waals surface area contributed by atoms with Gasteiger partial charge < -0.3 is 10.1 Å². The fourth-order valence-electron chi connectivity index (χ4n) is 2.89. The molecule has 3 nitrogen and oxygen atoms in total. The third kappa shape index (κ3) is 5.36. The van der Waals surface area contributed by atoms with Gasteiger partial charge in [0, 0.05) is 25.2 Å². The third-order valence-electron chi connectivity index (χ3n) is 3.79. The summed E-state index contributed by atoms with van der Waals surface area (Å²) in [6.45, 7) is 11.6. The van der Waals surface area contributed by atoms with E-state index in [0.29, 0.717) is 0 Å². The first-order chi connectivity index (χ1) is 8.31. The fraction of sp³-hybridized carbons (Fsp3) is 1.00. The Morgan fingerprint density at radius 3 is 2.71 bits per heavy atom. The van der Waals surface area contributed by atoms with Gasteiger partial charge in [0.15, 0.2) is 0 Å². The van der Waals surface area contributed by atoms with Gasteiger partial charge in [-0.2, -0.15) is 0 Å². The summed E-state index contributed by atoms with van der Waals surface area (Å²) >= 11 is 0. The van der Waals surface area contributed by atoms with E-state index >= 15 is 0 Å². The molecule has 1 rings (SSSR count). The van der Waals surface area contributed by atoms with Gasteiger partial charge in [0.25, 0.3) is 0 Å². The van der Waals surface area contributed by atoms with E-state index in [9.17, 15) is 0 Å². The molecule has 1 saturated carbocycles. The summed E-state index contributed by atoms with van der Waals surface area (Å²) < 4.78 is 5.47. The van der Waals surface area contributed by atoms with Crippen LogP contribution in [0.2, 0.25) is 0 Å². The summed E-state index contributed by atoms with van der Waals surface area (Å²) in [7, 11) is 0. The molecular formula is C14H30N2O. The SMILES string of the molecule is CCNC1CCCC(N(CC)CCOCC)C1. The van der Waals surface area contributed by atoms with Crippen LogP contribution in [-0.4, -0.2) is 49.8 Å². The van der Waals surface area contributed by atoms with Crippen molar-refractivity contribution < 1.29 is 4.74 Å². The molecule has 0 radical (unpaired) electrons. The Hall–Kier alpha value is -0.120. The molecule has 0 heterocycles. The van der Waals surface area contributed by atoms with E-state index in [1.807, 2.05) is 0 Å². The first-order valence-corrected chi connectivity index (χ1v) is 7.36. The van der Waals surface area contributed by atoms with Gasteiger partial charge >= 0.3 is 0 Å². The van der Waals surface area contributed by atoms with Gasteiger partial charge in [-0.1, -0.05) is 20.3 Å². The van der Waals surface area contributed by atoms with Crippen molar-refractivity contribution in [3.8, 4) is 0 Å². The number of likely N-dealkylation sites (N-methyl/N-ethyl adjacent to an activating group) is 1. The lowest BCUT2D eigenvalue weighted by molar-refractivity contribution is 0.0803. The highest BCUT2D eigenvalue weighted by Gasteiger charge is 2.25. The van der Waals surface area contributed by atoms with Gasteiger partial charge in [-0.25, -0.2) is 0 Å². The summed E-state index contributed by atoms with van der Waals surface area (Å²) in [6.07, 6.45) is 5.40. The van der Waals surface area contributed by atoms with Crippen LogP contribution >= 0.6 is 0 Å². The minimum atomic E-state index is 0.736. The van der Waals surface area contributed by atoms with E-state index in [1.54, 1.807) is 0 Å². The van der Waals surface area contributed by atoms with Crippen molar-refractivity contribution in [1.29, 1.82) is 0 Å². The number of ether oxygens (including phenoxy) is 1. The van der Waals surface area contributed by atoms with Gasteiger partial charge in [-0.3, -0.25) is 4.90 Å². The van der Waals surface area contributed by atoms with Crippen LogP contribution in [0.4, 0.5) is 0 Å². The smallest absolute Gasteiger partial charge is 0.0593 e. The maximum atomic E-state index is 5.47. The molecule has 1 N–H and O–H groups in total. The van der Waals surface area contributed by atoms with E-state index in [2.05, 4.69) is 31.0 Å². The molecule has 0 aromatic carbocycles. The van der Waals surface area contributed by atoms with E-state index in [1.165, 1.54) is 25.7 Å². The largest absolute Gasteiger partial charge is 0.380 e. The van der Waals surface area contributed by atoms with Crippen LogP contribution in [0.1, 0.15) is 46.5 Å². The zero-order valence-electron chi connectivity index (χ0n) is 11.9. The molecule has 0 aromatic rings. The van der Waals surface area contributed by atoms with Crippen LogP contribution in [0.15, 0.2) is 0 Å². The Kier molecular flexibility index (Phi) is 7.82. The quantitative estimate of drug-likeness (QED) is 0.661. The molecule has 2 unspecified atom stereocenters. The van der Waals surface area contributed by atoms with Crippen LogP contribution in [0.5, 0.6) is 0 Å². The van der Waals surface area contributed by atoms with Gasteiger partial charge in [0.1, 0.15) is 0 Å². The minimum Gasteiger partial charge on any atom is -0.380 e. The number of rotatable bonds is 8. The molecule has 0 saturated heterocycles. The highest BCUT2D eigenvalue weighted by molar-refractivity contribution is 4.83. The summed E-state index contributed by atoms with van der Waals surface area (Å²) in [5.41, 5.74) is 0. The molecule has 0 spiro atoms. The van der Waals surface area contributed by atoms with Gasteiger partial charge in [-0.05, 0) is 39.3 Å². The van der Waals surface area contributed by atoms with E-state index in [0.717, 1.165) is 44.9 Å². The molecule has 0 aliphatic heterocycles. The lowest BCUT2D eigenvalue weighted by Gasteiger charge is -2.37. The molecule has 1 aliphatic rings. The summed E-state index contributed by atoms with van der Waals surface area (Å²) in [5, 5.41) is 3.60. The maximum Gasteiger partial charge on any atom is 0.0593 e. The highest BCUT2D eigenvalue weighted by atomic mass is 16.5. The average Bonchev–Trinajstić information content (AvgIpc) is 2.35. The van der Waals surface area contributed by atoms with Crippen molar-refractivity contribution in [2.45, 2.75) is 58.5 Å². The molecule has 1 fully saturated rings. The predicted molar refractivity (Wildman–Crippen MR) is 73.5 cm³/mol. The van der Waals surface area contributed by atoms with Crippen LogP contribution < -0.4 is 5.32 Å². The van der Waals surface area contributed by atoms with Crippen LogP contribution in [0.25, 0.3) is 0 Å². The van der Waals surface area contributed by atoms with Crippen molar-refractivity contribution >= 4 is 0 Å². The summed E-state index contributed by atoms with van der Waals surface area (Å²) in [5.74, 6) is 0. The molecule has 0 amide bonds. The Labute approximate surface area is 107 Å². The van der Waals surface area contributed by atoms with Crippen molar-refractivity contribution in [2.75, 3.05) is 32.8 Å². The zero-order chi connectivity index (χ0) is 12.5. The Bertz CT molecular complexity index is 185. The van der Waals surface area contributed by atoms with Crippen molar-refractivity contribution in [1.82, 2.24) is 10.2 Å². The first-order valence-electron chi connectivity index (χ1n) is 7.36. The maximum absolute atomic E-state index is 5.47. The Morgan fingerprint density at radius 1 is 1.24 bits per heavy atom. The molecule has 0 aromatic heterocycles. The standard InChI is InChI=1S/C14H30N2O/c1-4-15-13-8-7-9-14(12-13)16(5-2)10-11-17-6-3/h13-15H,4-12H2,1-3H3. The molecule has 0 bridgehead atoms. The topological polar surface area (TPSA) is 24.5 Å². The second kappa shape index (κ2) is 8.90. The fourth-order valence-corrected chi connectivity index (χ4v) is 2.89. The predicted octanol–water partition coefficient (Wildman–Crippen LogP) is 2.27. The second-order valence-corrected chi connectivity index (χ2v) is 4.90. The summed E-state index contributed by atoms with van der Waals surface area (Å²) in [4.78, 5) is 2.60. The van der Waals surface area contributed by atoms with Gasteiger partial charge in [-0.15, -0.1) is 0 Å². The number of hydrogen-bond acceptors (Lipinski definition) is 3. The number of nitrogens with zero attached hydrogens (tertiary/aromatic N) is 1. The number of nitrogens with one attached hydrogen (secondary N) is 1. The molecule has 1 aliphatic carbocycles. The summed E-state index contributed by atoms with van der Waals surface area (Å²) in [6, 6.07) is 1.50. The second-order valence-electron chi connectivity index (χ2n) is 4.90. The molecule has 3 heteroatoms. The molecule has 17 heavy (non-hydrogen) atoms. The van der Waals surface area contributed by atoms with Gasteiger partial charge in [0.2, 0.25) is 0 Å². The van der Waals surface area contributed by atoms with Gasteiger partial charge in [0.05, 0.1) is 6.61 Å².